The van der Waals surface area contributed by atoms with Crippen LogP contribution in [0.4, 0.5) is 0 Å². The number of likely N-dealkylation sites (tertiary alicyclic amines) is 2. The van der Waals surface area contributed by atoms with E-state index in [-0.39, 0.29) is 24.0 Å². The van der Waals surface area contributed by atoms with Gasteiger partial charge in [-0.25, -0.2) is 4.98 Å². The van der Waals surface area contributed by atoms with Gasteiger partial charge in [-0.1, -0.05) is 30.3 Å². The smallest absolute Gasteiger partial charge is 0.193 e. The van der Waals surface area contributed by atoms with E-state index in [4.69, 9.17) is 0 Å². The molecule has 2 atom stereocenters. The molecule has 5 nitrogen and oxygen atoms in total. The van der Waals surface area contributed by atoms with Gasteiger partial charge in [-0.05, 0) is 44.2 Å². The number of aliphatic imine (C=N–C) groups is 1. The molecule has 2 aromatic rings. The third-order valence-electron chi connectivity index (χ3n) is 6.17. The van der Waals surface area contributed by atoms with Crippen LogP contribution in [0.15, 0.2) is 40.8 Å². The van der Waals surface area contributed by atoms with Gasteiger partial charge in [0, 0.05) is 37.6 Å². The summed E-state index contributed by atoms with van der Waals surface area (Å²) in [5.74, 6) is 1.77. The number of aromatic nitrogens is 1. The normalized spacial score (nSPS) is 22.7. The molecule has 0 saturated carbocycles. The Balaban J connectivity index is 0.00000240. The number of nitrogens with zero attached hydrogens (tertiary/aromatic N) is 4. The zero-order valence-electron chi connectivity index (χ0n) is 17.4. The fourth-order valence-corrected chi connectivity index (χ4v) is 5.42. The number of thiazole rings is 1. The molecule has 0 spiro atoms. The number of fused-ring (bicyclic) bond motifs is 1. The molecule has 1 N–H and O–H groups in total. The number of aryl methyl sites for hydroxylation is 1. The van der Waals surface area contributed by atoms with Gasteiger partial charge in [0.15, 0.2) is 5.96 Å². The predicted molar refractivity (Wildman–Crippen MR) is 132 cm³/mol. The summed E-state index contributed by atoms with van der Waals surface area (Å²) in [6.07, 6.45) is 3.85. The van der Waals surface area contributed by atoms with Gasteiger partial charge in [0.05, 0.1) is 17.7 Å². The third-order valence-corrected chi connectivity index (χ3v) is 7.11. The van der Waals surface area contributed by atoms with E-state index in [1.54, 1.807) is 11.3 Å². The Morgan fingerprint density at radius 3 is 2.79 bits per heavy atom. The molecule has 0 aliphatic carbocycles. The van der Waals surface area contributed by atoms with Crippen LogP contribution in [-0.4, -0.2) is 53.5 Å². The minimum atomic E-state index is 0. The van der Waals surface area contributed by atoms with E-state index in [2.05, 4.69) is 62.3 Å². The van der Waals surface area contributed by atoms with Gasteiger partial charge in [0.2, 0.25) is 0 Å². The van der Waals surface area contributed by atoms with Crippen LogP contribution >= 0.6 is 35.3 Å². The third kappa shape index (κ3) is 5.49. The van der Waals surface area contributed by atoms with E-state index < -0.39 is 0 Å². The highest BCUT2D eigenvalue weighted by Gasteiger charge is 2.36. The summed E-state index contributed by atoms with van der Waals surface area (Å²) < 4.78 is 0. The predicted octanol–water partition coefficient (Wildman–Crippen LogP) is 4.13. The first-order chi connectivity index (χ1) is 13.7. The molecule has 1 aromatic heterocycles. The summed E-state index contributed by atoms with van der Waals surface area (Å²) in [5.41, 5.74) is 4.47. The van der Waals surface area contributed by atoms with Crippen molar-refractivity contribution in [3.05, 3.63) is 52.0 Å². The number of guanidine groups is 1. The molecule has 2 fully saturated rings. The van der Waals surface area contributed by atoms with Gasteiger partial charge in [0.1, 0.15) is 0 Å². The average molecular weight is 526 g/mol. The lowest BCUT2D eigenvalue weighted by Gasteiger charge is -2.48. The van der Waals surface area contributed by atoms with Crippen LogP contribution in [0.3, 0.4) is 0 Å². The maximum atomic E-state index is 4.57. The molecule has 2 saturated heterocycles. The summed E-state index contributed by atoms with van der Waals surface area (Å²) in [6.45, 7) is 7.39. The van der Waals surface area contributed by atoms with Crippen molar-refractivity contribution in [2.75, 3.05) is 26.7 Å². The number of halogens is 1. The molecule has 0 radical (unpaired) electrons. The second kappa shape index (κ2) is 10.7. The molecule has 4 rings (SSSR count). The van der Waals surface area contributed by atoms with E-state index in [0.29, 0.717) is 6.04 Å². The van der Waals surface area contributed by atoms with E-state index in [1.165, 1.54) is 36.2 Å². The molecular formula is C22H32IN5S. The standard InChI is InChI=1S/C22H31N5S.HI/c1-17-21(28-16-25-17)13-24-22(23-2)27-12-10-20-19(15-27)9-6-11-26(20)14-18-7-4-3-5-8-18;/h3-5,7-8,16,19-20H,6,9-15H2,1-2H3,(H,23,24);1H. The molecule has 2 unspecified atom stereocenters. The van der Waals surface area contributed by atoms with Crippen molar-refractivity contribution < 1.29 is 0 Å². The number of hydrogen-bond acceptors (Lipinski definition) is 4. The Bertz CT molecular complexity index is 794. The van der Waals surface area contributed by atoms with E-state index in [0.717, 1.165) is 43.8 Å². The maximum absolute atomic E-state index is 4.57. The fourth-order valence-electron chi connectivity index (χ4n) is 4.70. The fraction of sp³-hybridized carbons (Fsp3) is 0.545. The number of hydrogen-bond donors (Lipinski definition) is 1. The molecular weight excluding hydrogens is 493 g/mol. The van der Waals surface area contributed by atoms with E-state index in [1.807, 2.05) is 12.6 Å². The minimum Gasteiger partial charge on any atom is -0.351 e. The summed E-state index contributed by atoms with van der Waals surface area (Å²) in [4.78, 5) is 15.4. The highest BCUT2D eigenvalue weighted by molar-refractivity contribution is 14.0. The second-order valence-electron chi connectivity index (χ2n) is 7.92. The zero-order chi connectivity index (χ0) is 19.3. The van der Waals surface area contributed by atoms with Gasteiger partial charge in [0.25, 0.3) is 0 Å². The Morgan fingerprint density at radius 2 is 2.07 bits per heavy atom. The van der Waals surface area contributed by atoms with Crippen LogP contribution in [0, 0.1) is 12.8 Å². The second-order valence-corrected chi connectivity index (χ2v) is 8.86. The topological polar surface area (TPSA) is 43.8 Å². The Kier molecular flexibility index (Phi) is 8.32. The summed E-state index contributed by atoms with van der Waals surface area (Å²) in [7, 11) is 1.90. The maximum Gasteiger partial charge on any atom is 0.193 e. The molecule has 158 valence electrons. The molecule has 2 aliphatic rings. The number of piperidine rings is 2. The van der Waals surface area contributed by atoms with Crippen molar-refractivity contribution >= 4 is 41.3 Å². The summed E-state index contributed by atoms with van der Waals surface area (Å²) in [6, 6.07) is 11.6. The minimum absolute atomic E-state index is 0. The van der Waals surface area contributed by atoms with Crippen molar-refractivity contribution in [1.29, 1.82) is 0 Å². The van der Waals surface area contributed by atoms with Gasteiger partial charge in [-0.3, -0.25) is 9.89 Å². The van der Waals surface area contributed by atoms with Crippen LogP contribution in [0.25, 0.3) is 0 Å². The lowest BCUT2D eigenvalue weighted by molar-refractivity contribution is 0.0372. The van der Waals surface area contributed by atoms with Crippen LogP contribution in [-0.2, 0) is 13.1 Å². The summed E-state index contributed by atoms with van der Waals surface area (Å²) >= 11 is 1.71. The highest BCUT2D eigenvalue weighted by Crippen LogP contribution is 2.31. The molecule has 0 bridgehead atoms. The van der Waals surface area contributed by atoms with Crippen molar-refractivity contribution in [1.82, 2.24) is 20.1 Å². The van der Waals surface area contributed by atoms with Crippen LogP contribution in [0.5, 0.6) is 0 Å². The first kappa shape index (κ1) is 22.5. The first-order valence-corrected chi connectivity index (χ1v) is 11.2. The quantitative estimate of drug-likeness (QED) is 0.371. The Labute approximate surface area is 195 Å². The Morgan fingerprint density at radius 1 is 1.24 bits per heavy atom. The highest BCUT2D eigenvalue weighted by atomic mass is 127. The van der Waals surface area contributed by atoms with Crippen LogP contribution in [0.1, 0.15) is 35.4 Å². The molecule has 1 aromatic carbocycles. The van der Waals surface area contributed by atoms with Gasteiger partial charge in [-0.15, -0.1) is 35.3 Å². The summed E-state index contributed by atoms with van der Waals surface area (Å²) in [5, 5.41) is 3.56. The number of nitrogens with one attached hydrogen (secondary N) is 1. The first-order valence-electron chi connectivity index (χ1n) is 10.4. The molecule has 3 heterocycles. The van der Waals surface area contributed by atoms with Crippen molar-refractivity contribution in [2.45, 2.75) is 45.3 Å². The van der Waals surface area contributed by atoms with Crippen LogP contribution in [0.2, 0.25) is 0 Å². The van der Waals surface area contributed by atoms with Crippen LogP contribution < -0.4 is 5.32 Å². The van der Waals surface area contributed by atoms with E-state index >= 15 is 0 Å². The van der Waals surface area contributed by atoms with Crippen molar-refractivity contribution in [2.24, 2.45) is 10.9 Å². The van der Waals surface area contributed by atoms with E-state index in [9.17, 15) is 0 Å². The SMILES string of the molecule is CN=C(NCc1scnc1C)N1CCC2C(CCCN2Cc2ccccc2)C1.I. The number of benzene rings is 1. The van der Waals surface area contributed by atoms with Crippen molar-refractivity contribution in [3.8, 4) is 0 Å². The average Bonchev–Trinajstić information content (AvgIpc) is 3.14. The van der Waals surface area contributed by atoms with Gasteiger partial charge < -0.3 is 10.2 Å². The molecule has 7 heteroatoms. The molecule has 29 heavy (non-hydrogen) atoms. The zero-order valence-corrected chi connectivity index (χ0v) is 20.5. The lowest BCUT2D eigenvalue weighted by atomic mass is 9.83. The van der Waals surface area contributed by atoms with Crippen molar-refractivity contribution in [3.63, 3.8) is 0 Å². The Hall–Kier alpha value is -1.19. The number of rotatable bonds is 4. The largest absolute Gasteiger partial charge is 0.351 e. The van der Waals surface area contributed by atoms with Gasteiger partial charge in [-0.2, -0.15) is 0 Å². The molecule has 2 aliphatic heterocycles. The monoisotopic (exact) mass is 525 g/mol. The lowest BCUT2D eigenvalue weighted by Crippen LogP contribution is -2.56. The van der Waals surface area contributed by atoms with Gasteiger partial charge >= 0.3 is 0 Å². The molecule has 0 amide bonds.